The molecule has 14 heteroatoms. The van der Waals surface area contributed by atoms with E-state index in [1.807, 2.05) is 0 Å². The summed E-state index contributed by atoms with van der Waals surface area (Å²) in [4.78, 5) is 69.8. The van der Waals surface area contributed by atoms with Crippen LogP contribution in [0.3, 0.4) is 0 Å². The number of hydrogen-bond acceptors (Lipinski definition) is 12. The van der Waals surface area contributed by atoms with Gasteiger partial charge in [0.15, 0.2) is 12.2 Å². The molecular formula is C21H24N2O12. The highest BCUT2D eigenvalue weighted by Crippen LogP contribution is 2.28. The van der Waals surface area contributed by atoms with E-state index in [9.17, 15) is 34.1 Å². The molecule has 35 heavy (non-hydrogen) atoms. The SMILES string of the molecule is CC(=O)OCC1O[C@@H](OC(C)=O)C(OC(C)=O)[C@H](NC(=O)c2ccc([N+](=O)[O-])cc2)[C@H]1OC(C)=O. The minimum atomic E-state index is -1.56. The van der Waals surface area contributed by atoms with Gasteiger partial charge in [0, 0.05) is 45.4 Å². The summed E-state index contributed by atoms with van der Waals surface area (Å²) in [5, 5.41) is 13.4. The Morgan fingerprint density at radius 1 is 0.886 bits per heavy atom. The summed E-state index contributed by atoms with van der Waals surface area (Å²) < 4.78 is 26.3. The van der Waals surface area contributed by atoms with E-state index in [2.05, 4.69) is 5.32 Å². The van der Waals surface area contributed by atoms with Crippen LogP contribution in [0, 0.1) is 10.1 Å². The molecule has 2 rings (SSSR count). The summed E-state index contributed by atoms with van der Waals surface area (Å²) in [6.07, 6.45) is -5.63. The normalized spacial score (nSPS) is 23.4. The van der Waals surface area contributed by atoms with Crippen LogP contribution < -0.4 is 5.32 Å². The lowest BCUT2D eigenvalue weighted by molar-refractivity contribution is -0.384. The summed E-state index contributed by atoms with van der Waals surface area (Å²) in [6, 6.07) is 3.25. The quantitative estimate of drug-likeness (QED) is 0.226. The fraction of sp³-hybridized carbons (Fsp3) is 0.476. The van der Waals surface area contributed by atoms with Crippen molar-refractivity contribution < 1.29 is 52.6 Å². The zero-order chi connectivity index (χ0) is 26.3. The topological polar surface area (TPSA) is 187 Å². The highest BCUT2D eigenvalue weighted by Gasteiger charge is 2.52. The number of ether oxygens (including phenoxy) is 5. The maximum atomic E-state index is 13.0. The Morgan fingerprint density at radius 3 is 1.91 bits per heavy atom. The Hall–Kier alpha value is -4.07. The molecule has 1 amide bonds. The lowest BCUT2D eigenvalue weighted by atomic mass is 9.95. The summed E-state index contributed by atoms with van der Waals surface area (Å²) in [5.41, 5.74) is -0.259. The van der Waals surface area contributed by atoms with Gasteiger partial charge in [-0.25, -0.2) is 0 Å². The van der Waals surface area contributed by atoms with Crippen molar-refractivity contribution in [3.05, 3.63) is 39.9 Å². The molecule has 0 bridgehead atoms. The first kappa shape index (κ1) is 27.2. The van der Waals surface area contributed by atoms with E-state index >= 15 is 0 Å². The van der Waals surface area contributed by atoms with Crippen molar-refractivity contribution in [3.8, 4) is 0 Å². The lowest BCUT2D eigenvalue weighted by Crippen LogP contribution is -2.67. The first-order valence-electron chi connectivity index (χ1n) is 10.2. The third-order valence-electron chi connectivity index (χ3n) is 4.63. The minimum Gasteiger partial charge on any atom is -0.463 e. The molecule has 1 heterocycles. The molecule has 0 aromatic heterocycles. The average Bonchev–Trinajstić information content (AvgIpc) is 2.75. The van der Waals surface area contributed by atoms with E-state index in [-0.39, 0.29) is 11.3 Å². The second-order valence-corrected chi connectivity index (χ2v) is 7.41. The van der Waals surface area contributed by atoms with E-state index in [4.69, 9.17) is 23.7 Å². The van der Waals surface area contributed by atoms with Crippen LogP contribution in [0.1, 0.15) is 38.1 Å². The third kappa shape index (κ3) is 7.74. The Labute approximate surface area is 198 Å². The number of non-ortho nitro benzene ring substituents is 1. The average molecular weight is 496 g/mol. The fourth-order valence-corrected chi connectivity index (χ4v) is 3.30. The smallest absolute Gasteiger partial charge is 0.305 e. The first-order valence-corrected chi connectivity index (χ1v) is 10.2. The number of carbonyl (C=O) groups excluding carboxylic acids is 5. The van der Waals surface area contributed by atoms with Gasteiger partial charge in [0.05, 0.1) is 4.92 Å². The lowest BCUT2D eigenvalue weighted by Gasteiger charge is -2.44. The Morgan fingerprint density at radius 2 is 1.43 bits per heavy atom. The van der Waals surface area contributed by atoms with Crippen molar-refractivity contribution in [2.75, 3.05) is 6.61 Å². The Balaban J connectivity index is 2.47. The van der Waals surface area contributed by atoms with Crippen molar-refractivity contribution in [3.63, 3.8) is 0 Å². The van der Waals surface area contributed by atoms with E-state index in [0.717, 1.165) is 39.8 Å². The number of amides is 1. The summed E-state index contributed by atoms with van der Waals surface area (Å²) in [6.45, 7) is 3.88. The van der Waals surface area contributed by atoms with Crippen LogP contribution >= 0.6 is 0 Å². The molecule has 0 aliphatic carbocycles. The summed E-state index contributed by atoms with van der Waals surface area (Å²) in [5.74, 6) is -3.91. The van der Waals surface area contributed by atoms with Crippen molar-refractivity contribution >= 4 is 35.5 Å². The van der Waals surface area contributed by atoms with Gasteiger partial charge in [0.1, 0.15) is 18.8 Å². The maximum absolute atomic E-state index is 13.0. The second kappa shape index (κ2) is 11.9. The molecule has 1 saturated heterocycles. The molecule has 5 atom stereocenters. The molecule has 0 radical (unpaired) electrons. The van der Waals surface area contributed by atoms with Crippen LogP contribution in [0.4, 0.5) is 5.69 Å². The number of benzene rings is 1. The molecule has 1 N–H and O–H groups in total. The van der Waals surface area contributed by atoms with Gasteiger partial charge < -0.3 is 29.0 Å². The highest BCUT2D eigenvalue weighted by atomic mass is 16.7. The predicted octanol–water partition coefficient (Wildman–Crippen LogP) is 0.408. The van der Waals surface area contributed by atoms with Crippen LogP contribution in [0.5, 0.6) is 0 Å². The Kier molecular flexibility index (Phi) is 9.22. The van der Waals surface area contributed by atoms with Crippen molar-refractivity contribution in [2.45, 2.75) is 58.3 Å². The maximum Gasteiger partial charge on any atom is 0.305 e. The van der Waals surface area contributed by atoms with Gasteiger partial charge in [-0.1, -0.05) is 0 Å². The van der Waals surface area contributed by atoms with Crippen molar-refractivity contribution in [1.29, 1.82) is 0 Å². The molecule has 190 valence electrons. The number of esters is 4. The number of rotatable bonds is 8. The van der Waals surface area contributed by atoms with Crippen LogP contribution in [0.15, 0.2) is 24.3 Å². The third-order valence-corrected chi connectivity index (χ3v) is 4.63. The van der Waals surface area contributed by atoms with E-state index < -0.39 is 72.0 Å². The molecule has 1 aliphatic heterocycles. The Bertz CT molecular complexity index is 993. The van der Waals surface area contributed by atoms with Gasteiger partial charge in [-0.3, -0.25) is 34.1 Å². The molecule has 1 fully saturated rings. The van der Waals surface area contributed by atoms with Gasteiger partial charge in [0.2, 0.25) is 6.29 Å². The van der Waals surface area contributed by atoms with Crippen LogP contribution in [-0.4, -0.2) is 72.0 Å². The van der Waals surface area contributed by atoms with Gasteiger partial charge in [0.25, 0.3) is 11.6 Å². The first-order chi connectivity index (χ1) is 16.4. The second-order valence-electron chi connectivity index (χ2n) is 7.41. The number of nitro groups is 1. The van der Waals surface area contributed by atoms with Crippen LogP contribution in [-0.2, 0) is 42.9 Å². The minimum absolute atomic E-state index is 0.00851. The fourth-order valence-electron chi connectivity index (χ4n) is 3.30. The highest BCUT2D eigenvalue weighted by molar-refractivity contribution is 5.94. The standard InChI is InChI=1S/C21H24N2O12/c1-10(24)31-9-16-18(32-11(2)25)17(19(33-12(3)26)21(35-16)34-13(4)27)22-20(28)14-5-7-15(8-6-14)23(29)30/h5-8,16-19,21H,9H2,1-4H3,(H,22,28)/t16?,17-,18+,19?,21-/m1/s1. The van der Waals surface area contributed by atoms with E-state index in [1.165, 1.54) is 12.1 Å². The molecule has 1 aromatic carbocycles. The number of nitrogens with one attached hydrogen (secondary N) is 1. The molecule has 14 nitrogen and oxygen atoms in total. The van der Waals surface area contributed by atoms with Gasteiger partial charge >= 0.3 is 23.9 Å². The van der Waals surface area contributed by atoms with Gasteiger partial charge in [-0.05, 0) is 12.1 Å². The predicted molar refractivity (Wildman–Crippen MR) is 113 cm³/mol. The number of carbonyl (C=O) groups is 5. The molecule has 1 aromatic rings. The van der Waals surface area contributed by atoms with Gasteiger partial charge in [-0.15, -0.1) is 0 Å². The van der Waals surface area contributed by atoms with Gasteiger partial charge in [-0.2, -0.15) is 0 Å². The molecule has 0 spiro atoms. The van der Waals surface area contributed by atoms with Crippen molar-refractivity contribution in [1.82, 2.24) is 5.32 Å². The summed E-state index contributed by atoms with van der Waals surface area (Å²) in [7, 11) is 0. The monoisotopic (exact) mass is 496 g/mol. The number of nitro benzene ring substituents is 1. The number of hydrogen-bond donors (Lipinski definition) is 1. The molecule has 2 unspecified atom stereocenters. The molecular weight excluding hydrogens is 472 g/mol. The number of nitrogens with zero attached hydrogens (tertiary/aromatic N) is 1. The van der Waals surface area contributed by atoms with Crippen LogP contribution in [0.25, 0.3) is 0 Å². The van der Waals surface area contributed by atoms with Crippen molar-refractivity contribution in [2.24, 2.45) is 0 Å². The molecule has 1 aliphatic rings. The zero-order valence-corrected chi connectivity index (χ0v) is 19.2. The summed E-state index contributed by atoms with van der Waals surface area (Å²) >= 11 is 0. The largest absolute Gasteiger partial charge is 0.463 e. The van der Waals surface area contributed by atoms with Crippen LogP contribution in [0.2, 0.25) is 0 Å². The van der Waals surface area contributed by atoms with E-state index in [0.29, 0.717) is 0 Å². The van der Waals surface area contributed by atoms with E-state index in [1.54, 1.807) is 0 Å². The zero-order valence-electron chi connectivity index (χ0n) is 19.2. The molecule has 0 saturated carbocycles.